The van der Waals surface area contributed by atoms with Crippen molar-refractivity contribution < 1.29 is 9.26 Å². The first kappa shape index (κ1) is 14.1. The molecular formula is C17H22N2O2. The molecule has 4 nitrogen and oxygen atoms in total. The molecule has 1 fully saturated rings. The third kappa shape index (κ3) is 3.27. The van der Waals surface area contributed by atoms with E-state index >= 15 is 0 Å². The van der Waals surface area contributed by atoms with Crippen molar-refractivity contribution in [2.24, 2.45) is 0 Å². The third-order valence-corrected chi connectivity index (χ3v) is 3.97. The average molecular weight is 286 g/mol. The zero-order valence-corrected chi connectivity index (χ0v) is 12.7. The molecule has 0 radical (unpaired) electrons. The standard InChI is InChI=1S/C17H22N2O2/c1-3-20-15-8-6-14(7-9-15)12-19-10-4-5-17(19)16-11-13(2)21-18-16/h6-9,11,17H,3-5,10,12H2,1-2H3/t17-/m1/s1. The second-order valence-corrected chi connectivity index (χ2v) is 5.57. The Hall–Kier alpha value is -1.81. The molecule has 0 saturated carbocycles. The topological polar surface area (TPSA) is 38.5 Å². The lowest BCUT2D eigenvalue weighted by molar-refractivity contribution is 0.236. The molecule has 1 aromatic carbocycles. The van der Waals surface area contributed by atoms with Gasteiger partial charge in [0.15, 0.2) is 0 Å². The van der Waals surface area contributed by atoms with Crippen molar-refractivity contribution >= 4 is 0 Å². The molecule has 2 heterocycles. The average Bonchev–Trinajstić information content (AvgIpc) is 3.10. The van der Waals surface area contributed by atoms with Crippen LogP contribution in [0, 0.1) is 6.92 Å². The van der Waals surface area contributed by atoms with Gasteiger partial charge in [-0.05, 0) is 50.9 Å². The van der Waals surface area contributed by atoms with Crippen LogP contribution in [-0.4, -0.2) is 23.2 Å². The van der Waals surface area contributed by atoms with Gasteiger partial charge in [0.2, 0.25) is 0 Å². The van der Waals surface area contributed by atoms with E-state index in [0.717, 1.165) is 36.7 Å². The maximum absolute atomic E-state index is 5.49. The predicted molar refractivity (Wildman–Crippen MR) is 81.2 cm³/mol. The summed E-state index contributed by atoms with van der Waals surface area (Å²) in [5, 5.41) is 4.19. The van der Waals surface area contributed by atoms with Crippen LogP contribution in [0.5, 0.6) is 5.75 Å². The van der Waals surface area contributed by atoms with E-state index in [9.17, 15) is 0 Å². The molecule has 1 aliphatic heterocycles. The van der Waals surface area contributed by atoms with Crippen LogP contribution >= 0.6 is 0 Å². The number of hydrogen-bond acceptors (Lipinski definition) is 4. The molecule has 112 valence electrons. The highest BCUT2D eigenvalue weighted by atomic mass is 16.5. The number of hydrogen-bond donors (Lipinski definition) is 0. The highest BCUT2D eigenvalue weighted by Gasteiger charge is 2.28. The second kappa shape index (κ2) is 6.31. The normalized spacial score (nSPS) is 19.0. The molecule has 0 aliphatic carbocycles. The summed E-state index contributed by atoms with van der Waals surface area (Å²) >= 11 is 0. The number of likely N-dealkylation sites (tertiary alicyclic amines) is 1. The van der Waals surface area contributed by atoms with Crippen LogP contribution in [0.3, 0.4) is 0 Å². The summed E-state index contributed by atoms with van der Waals surface area (Å²) in [4.78, 5) is 2.48. The van der Waals surface area contributed by atoms with Crippen LogP contribution in [0.1, 0.15) is 42.8 Å². The first-order chi connectivity index (χ1) is 10.3. The fourth-order valence-electron chi connectivity index (χ4n) is 2.99. The van der Waals surface area contributed by atoms with Crippen molar-refractivity contribution in [2.45, 2.75) is 39.3 Å². The zero-order chi connectivity index (χ0) is 14.7. The Balaban J connectivity index is 1.68. The van der Waals surface area contributed by atoms with E-state index in [-0.39, 0.29) is 0 Å². The van der Waals surface area contributed by atoms with Gasteiger partial charge in [-0.1, -0.05) is 17.3 Å². The predicted octanol–water partition coefficient (Wildman–Crippen LogP) is 3.72. The van der Waals surface area contributed by atoms with Crippen LogP contribution in [0.15, 0.2) is 34.9 Å². The number of aromatic nitrogens is 1. The molecule has 0 bridgehead atoms. The summed E-state index contributed by atoms with van der Waals surface area (Å²) in [6.07, 6.45) is 2.37. The van der Waals surface area contributed by atoms with Crippen molar-refractivity contribution in [2.75, 3.05) is 13.2 Å². The molecule has 0 N–H and O–H groups in total. The summed E-state index contributed by atoms with van der Waals surface area (Å²) in [7, 11) is 0. The van der Waals surface area contributed by atoms with Gasteiger partial charge in [-0.25, -0.2) is 0 Å². The minimum absolute atomic E-state index is 0.383. The molecule has 21 heavy (non-hydrogen) atoms. The third-order valence-electron chi connectivity index (χ3n) is 3.97. The maximum Gasteiger partial charge on any atom is 0.133 e. The van der Waals surface area contributed by atoms with Crippen molar-refractivity contribution in [3.8, 4) is 5.75 Å². The molecule has 0 unspecified atom stereocenters. The van der Waals surface area contributed by atoms with Crippen LogP contribution in [-0.2, 0) is 6.54 Å². The molecule has 3 rings (SSSR count). The van der Waals surface area contributed by atoms with Crippen molar-refractivity contribution in [1.29, 1.82) is 0 Å². The summed E-state index contributed by atoms with van der Waals surface area (Å²) < 4.78 is 10.7. The van der Waals surface area contributed by atoms with Gasteiger partial charge in [0.1, 0.15) is 17.2 Å². The summed E-state index contributed by atoms with van der Waals surface area (Å²) in [5.41, 5.74) is 2.38. The SMILES string of the molecule is CCOc1ccc(CN2CCC[C@@H]2c2cc(C)on2)cc1. The highest BCUT2D eigenvalue weighted by Crippen LogP contribution is 2.32. The lowest BCUT2D eigenvalue weighted by Crippen LogP contribution is -2.22. The molecule has 1 aliphatic rings. The molecular weight excluding hydrogens is 264 g/mol. The van der Waals surface area contributed by atoms with E-state index in [0.29, 0.717) is 12.6 Å². The Bertz CT molecular complexity index is 577. The number of nitrogens with zero attached hydrogens (tertiary/aromatic N) is 2. The lowest BCUT2D eigenvalue weighted by Gasteiger charge is -2.22. The highest BCUT2D eigenvalue weighted by molar-refractivity contribution is 5.27. The van der Waals surface area contributed by atoms with Gasteiger partial charge in [-0.3, -0.25) is 4.90 Å². The van der Waals surface area contributed by atoms with Crippen LogP contribution in [0.25, 0.3) is 0 Å². The number of benzene rings is 1. The Morgan fingerprint density at radius 3 is 2.81 bits per heavy atom. The van der Waals surface area contributed by atoms with Crippen molar-refractivity contribution in [3.05, 3.63) is 47.3 Å². The van der Waals surface area contributed by atoms with Gasteiger partial charge in [0, 0.05) is 12.6 Å². The molecule has 1 aromatic heterocycles. The quantitative estimate of drug-likeness (QED) is 0.839. The van der Waals surface area contributed by atoms with E-state index in [2.05, 4.69) is 28.3 Å². The van der Waals surface area contributed by atoms with Crippen LogP contribution in [0.4, 0.5) is 0 Å². The summed E-state index contributed by atoms with van der Waals surface area (Å²) in [6.45, 7) is 6.72. The van der Waals surface area contributed by atoms with Gasteiger partial charge in [-0.15, -0.1) is 0 Å². The van der Waals surface area contributed by atoms with Crippen molar-refractivity contribution in [1.82, 2.24) is 10.1 Å². The first-order valence-corrected chi connectivity index (χ1v) is 7.65. The Labute approximate surface area is 125 Å². The zero-order valence-electron chi connectivity index (χ0n) is 12.7. The van der Waals surface area contributed by atoms with Crippen molar-refractivity contribution in [3.63, 3.8) is 0 Å². The molecule has 1 saturated heterocycles. The minimum Gasteiger partial charge on any atom is -0.494 e. The Kier molecular flexibility index (Phi) is 4.25. The number of ether oxygens (including phenoxy) is 1. The number of rotatable bonds is 5. The maximum atomic E-state index is 5.49. The Morgan fingerprint density at radius 2 is 2.14 bits per heavy atom. The Morgan fingerprint density at radius 1 is 1.33 bits per heavy atom. The summed E-state index contributed by atoms with van der Waals surface area (Å²) in [5.74, 6) is 1.82. The van der Waals surface area contributed by atoms with Gasteiger partial charge in [0.25, 0.3) is 0 Å². The smallest absolute Gasteiger partial charge is 0.133 e. The fraction of sp³-hybridized carbons (Fsp3) is 0.471. The lowest BCUT2D eigenvalue weighted by atomic mass is 10.1. The van der Waals surface area contributed by atoms with Gasteiger partial charge < -0.3 is 9.26 Å². The minimum atomic E-state index is 0.383. The molecule has 2 aromatic rings. The number of aryl methyl sites for hydroxylation is 1. The van der Waals surface area contributed by atoms with E-state index in [1.54, 1.807) is 0 Å². The molecule has 4 heteroatoms. The van der Waals surface area contributed by atoms with Gasteiger partial charge in [-0.2, -0.15) is 0 Å². The molecule has 0 amide bonds. The first-order valence-electron chi connectivity index (χ1n) is 7.65. The monoisotopic (exact) mass is 286 g/mol. The molecule has 1 atom stereocenters. The van der Waals surface area contributed by atoms with E-state index in [1.165, 1.54) is 12.0 Å². The van der Waals surface area contributed by atoms with E-state index in [1.807, 2.05) is 26.0 Å². The van der Waals surface area contributed by atoms with E-state index < -0.39 is 0 Å². The van der Waals surface area contributed by atoms with Crippen LogP contribution in [0.2, 0.25) is 0 Å². The largest absolute Gasteiger partial charge is 0.494 e. The fourth-order valence-corrected chi connectivity index (χ4v) is 2.99. The summed E-state index contributed by atoms with van der Waals surface area (Å²) in [6, 6.07) is 10.8. The molecule has 0 spiro atoms. The van der Waals surface area contributed by atoms with Gasteiger partial charge in [0.05, 0.1) is 12.6 Å². The second-order valence-electron chi connectivity index (χ2n) is 5.57. The van der Waals surface area contributed by atoms with Crippen LogP contribution < -0.4 is 4.74 Å². The van der Waals surface area contributed by atoms with Gasteiger partial charge >= 0.3 is 0 Å². The van der Waals surface area contributed by atoms with E-state index in [4.69, 9.17) is 9.26 Å².